The molecule has 4 rings (SSSR count). The normalized spacial score (nSPS) is 10.8. The molecule has 2 aromatic heterocycles. The van der Waals surface area contributed by atoms with Crippen molar-refractivity contribution in [2.45, 2.75) is 0 Å². The number of hydrogen-bond donors (Lipinski definition) is 1. The van der Waals surface area contributed by atoms with Gasteiger partial charge in [0.1, 0.15) is 10.6 Å². The third-order valence-electron chi connectivity index (χ3n) is 3.77. The first-order chi connectivity index (χ1) is 12.2. The largest absolute Gasteiger partial charge is 0.497 e. The molecule has 1 amide bonds. The predicted octanol–water partition coefficient (Wildman–Crippen LogP) is 5.29. The number of aromatic nitrogens is 1. The fourth-order valence-electron chi connectivity index (χ4n) is 2.57. The van der Waals surface area contributed by atoms with Crippen LogP contribution in [0.25, 0.3) is 21.3 Å². The highest BCUT2D eigenvalue weighted by atomic mass is 32.1. The van der Waals surface area contributed by atoms with Crippen LogP contribution in [0.15, 0.2) is 60.0 Å². The summed E-state index contributed by atoms with van der Waals surface area (Å²) >= 11 is 2.87. The second-order valence-corrected chi connectivity index (χ2v) is 7.28. The number of hydrogen-bond acceptors (Lipinski definition) is 5. The van der Waals surface area contributed by atoms with Crippen LogP contribution in [0.3, 0.4) is 0 Å². The minimum Gasteiger partial charge on any atom is -0.497 e. The van der Waals surface area contributed by atoms with E-state index in [0.717, 1.165) is 27.1 Å². The lowest BCUT2D eigenvalue weighted by molar-refractivity contribution is 0.103. The molecule has 4 aromatic rings. The maximum Gasteiger partial charge on any atom is 0.268 e. The maximum absolute atomic E-state index is 12.7. The Morgan fingerprint density at radius 1 is 1.12 bits per heavy atom. The molecule has 1 N–H and O–H groups in total. The van der Waals surface area contributed by atoms with Crippen molar-refractivity contribution in [2.24, 2.45) is 0 Å². The van der Waals surface area contributed by atoms with Crippen LogP contribution in [-0.2, 0) is 0 Å². The summed E-state index contributed by atoms with van der Waals surface area (Å²) in [7, 11) is 1.63. The van der Waals surface area contributed by atoms with Crippen LogP contribution in [0.4, 0.5) is 5.13 Å². The fourth-order valence-corrected chi connectivity index (χ4v) is 4.27. The Balaban J connectivity index is 1.62. The smallest absolute Gasteiger partial charge is 0.268 e. The Morgan fingerprint density at radius 3 is 2.76 bits per heavy atom. The van der Waals surface area contributed by atoms with Gasteiger partial charge < -0.3 is 4.74 Å². The Labute approximate surface area is 152 Å². The Kier molecular flexibility index (Phi) is 4.21. The van der Waals surface area contributed by atoms with Gasteiger partial charge in [0.05, 0.1) is 17.3 Å². The summed E-state index contributed by atoms with van der Waals surface area (Å²) in [4.78, 5) is 17.9. The minimum absolute atomic E-state index is 0.139. The number of rotatable bonds is 4. The molecule has 124 valence electrons. The van der Waals surface area contributed by atoms with Crippen molar-refractivity contribution < 1.29 is 9.53 Å². The number of ether oxygens (including phenoxy) is 1. The standard InChI is InChI=1S/C19H14N2O2S2/c1-23-13-7-8-15-16(11-13)25-19(20-15)21-18(22)17-14(9-10-24-17)12-5-3-2-4-6-12/h2-11H,1H3,(H,20,21,22). The highest BCUT2D eigenvalue weighted by molar-refractivity contribution is 7.22. The van der Waals surface area contributed by atoms with Crippen molar-refractivity contribution in [3.8, 4) is 16.9 Å². The lowest BCUT2D eigenvalue weighted by atomic mass is 10.1. The average molecular weight is 366 g/mol. The number of thiazole rings is 1. The zero-order valence-corrected chi connectivity index (χ0v) is 15.0. The molecule has 0 aliphatic heterocycles. The predicted molar refractivity (Wildman–Crippen MR) is 104 cm³/mol. The highest BCUT2D eigenvalue weighted by Crippen LogP contribution is 2.32. The van der Waals surface area contributed by atoms with Crippen molar-refractivity contribution >= 4 is 43.9 Å². The van der Waals surface area contributed by atoms with Gasteiger partial charge in [-0.25, -0.2) is 4.98 Å². The van der Waals surface area contributed by atoms with Gasteiger partial charge in [0, 0.05) is 5.56 Å². The van der Waals surface area contributed by atoms with E-state index in [1.54, 1.807) is 7.11 Å². The maximum atomic E-state index is 12.7. The van der Waals surface area contributed by atoms with E-state index in [-0.39, 0.29) is 5.91 Å². The molecule has 25 heavy (non-hydrogen) atoms. The molecule has 0 aliphatic carbocycles. The second kappa shape index (κ2) is 6.66. The molecule has 0 fully saturated rings. The van der Waals surface area contributed by atoms with Gasteiger partial charge >= 0.3 is 0 Å². The third kappa shape index (κ3) is 3.14. The second-order valence-electron chi connectivity index (χ2n) is 5.34. The zero-order chi connectivity index (χ0) is 17.2. The summed E-state index contributed by atoms with van der Waals surface area (Å²) in [6.07, 6.45) is 0. The van der Waals surface area contributed by atoms with Crippen LogP contribution in [0, 0.1) is 0 Å². The van der Waals surface area contributed by atoms with Crippen LogP contribution in [0.2, 0.25) is 0 Å². The number of fused-ring (bicyclic) bond motifs is 1. The number of nitrogens with one attached hydrogen (secondary N) is 1. The Hall–Kier alpha value is -2.70. The molecule has 4 nitrogen and oxygen atoms in total. The number of anilines is 1. The van der Waals surface area contributed by atoms with Crippen molar-refractivity contribution in [3.05, 3.63) is 64.9 Å². The van der Waals surface area contributed by atoms with Gasteiger partial charge in [-0.3, -0.25) is 10.1 Å². The third-order valence-corrected chi connectivity index (χ3v) is 5.62. The van der Waals surface area contributed by atoms with Crippen LogP contribution in [0.5, 0.6) is 5.75 Å². The molecule has 0 spiro atoms. The van der Waals surface area contributed by atoms with E-state index in [9.17, 15) is 4.79 Å². The van der Waals surface area contributed by atoms with Gasteiger partial charge in [-0.2, -0.15) is 0 Å². The summed E-state index contributed by atoms with van der Waals surface area (Å²) in [6, 6.07) is 17.5. The number of carbonyl (C=O) groups is 1. The van der Waals surface area contributed by atoms with Gasteiger partial charge in [0.25, 0.3) is 5.91 Å². The molecule has 0 unspecified atom stereocenters. The minimum atomic E-state index is -0.139. The molecule has 0 saturated heterocycles. The number of nitrogens with zero attached hydrogens (tertiary/aromatic N) is 1. The van der Waals surface area contributed by atoms with E-state index < -0.39 is 0 Å². The summed E-state index contributed by atoms with van der Waals surface area (Å²) < 4.78 is 6.21. The van der Waals surface area contributed by atoms with E-state index in [0.29, 0.717) is 10.0 Å². The van der Waals surface area contributed by atoms with E-state index in [4.69, 9.17) is 4.74 Å². The van der Waals surface area contributed by atoms with E-state index >= 15 is 0 Å². The quantitative estimate of drug-likeness (QED) is 0.534. The molecule has 0 radical (unpaired) electrons. The topological polar surface area (TPSA) is 51.2 Å². The van der Waals surface area contributed by atoms with Crippen molar-refractivity contribution in [3.63, 3.8) is 0 Å². The number of amides is 1. The molecular weight excluding hydrogens is 352 g/mol. The van der Waals surface area contributed by atoms with Gasteiger partial charge in [-0.05, 0) is 35.2 Å². The first-order valence-electron chi connectivity index (χ1n) is 7.63. The number of methoxy groups -OCH3 is 1. The van der Waals surface area contributed by atoms with Crippen molar-refractivity contribution in [1.82, 2.24) is 4.98 Å². The first-order valence-corrected chi connectivity index (χ1v) is 9.33. The number of thiophene rings is 1. The Morgan fingerprint density at radius 2 is 1.96 bits per heavy atom. The fraction of sp³-hybridized carbons (Fsp3) is 0.0526. The van der Waals surface area contributed by atoms with Crippen LogP contribution >= 0.6 is 22.7 Å². The number of benzene rings is 2. The molecule has 0 bridgehead atoms. The summed E-state index contributed by atoms with van der Waals surface area (Å²) in [5.74, 6) is 0.638. The average Bonchev–Trinajstić information content (AvgIpc) is 3.28. The molecule has 2 aromatic carbocycles. The summed E-state index contributed by atoms with van der Waals surface area (Å²) in [5.41, 5.74) is 2.81. The highest BCUT2D eigenvalue weighted by Gasteiger charge is 2.16. The van der Waals surface area contributed by atoms with Gasteiger partial charge in [-0.1, -0.05) is 41.7 Å². The van der Waals surface area contributed by atoms with Gasteiger partial charge in [0.15, 0.2) is 5.13 Å². The molecule has 0 aliphatic rings. The zero-order valence-electron chi connectivity index (χ0n) is 13.4. The summed E-state index contributed by atoms with van der Waals surface area (Å²) in [5, 5.41) is 5.43. The van der Waals surface area contributed by atoms with E-state index in [1.165, 1.54) is 22.7 Å². The SMILES string of the molecule is COc1ccc2nc(NC(=O)c3sccc3-c3ccccc3)sc2c1. The monoisotopic (exact) mass is 366 g/mol. The van der Waals surface area contributed by atoms with Crippen molar-refractivity contribution in [2.75, 3.05) is 12.4 Å². The lowest BCUT2D eigenvalue weighted by Gasteiger charge is -2.03. The van der Waals surface area contributed by atoms with Crippen LogP contribution in [-0.4, -0.2) is 18.0 Å². The molecule has 0 atom stereocenters. The van der Waals surface area contributed by atoms with Crippen LogP contribution < -0.4 is 10.1 Å². The van der Waals surface area contributed by atoms with Crippen molar-refractivity contribution in [1.29, 1.82) is 0 Å². The lowest BCUT2D eigenvalue weighted by Crippen LogP contribution is -2.10. The molecule has 0 saturated carbocycles. The van der Waals surface area contributed by atoms with E-state index in [2.05, 4.69) is 10.3 Å². The van der Waals surface area contributed by atoms with Gasteiger partial charge in [-0.15, -0.1) is 11.3 Å². The summed E-state index contributed by atoms with van der Waals surface area (Å²) in [6.45, 7) is 0. The molecule has 2 heterocycles. The Bertz CT molecular complexity index is 1040. The van der Waals surface area contributed by atoms with Crippen LogP contribution in [0.1, 0.15) is 9.67 Å². The molecule has 6 heteroatoms. The first kappa shape index (κ1) is 15.8. The van der Waals surface area contributed by atoms with E-state index in [1.807, 2.05) is 60.0 Å². The number of carbonyl (C=O) groups excluding carboxylic acids is 1. The molecular formula is C19H14N2O2S2. The van der Waals surface area contributed by atoms with Gasteiger partial charge in [0.2, 0.25) is 0 Å².